The Kier molecular flexibility index (Phi) is 5.37. The van der Waals surface area contributed by atoms with Gasteiger partial charge in [0.05, 0.1) is 16.6 Å². The minimum Gasteiger partial charge on any atom is -0.336 e. The lowest BCUT2D eigenvalue weighted by molar-refractivity contribution is 0.0630. The van der Waals surface area contributed by atoms with Crippen LogP contribution in [0, 0.1) is 13.8 Å². The van der Waals surface area contributed by atoms with Gasteiger partial charge in [-0.1, -0.05) is 43.3 Å². The summed E-state index contributed by atoms with van der Waals surface area (Å²) in [7, 11) is 0. The van der Waals surface area contributed by atoms with E-state index < -0.39 is 0 Å². The highest BCUT2D eigenvalue weighted by molar-refractivity contribution is 6.06. The lowest BCUT2D eigenvalue weighted by Crippen LogP contribution is -2.48. The summed E-state index contributed by atoms with van der Waals surface area (Å²) in [4.78, 5) is 22.3. The zero-order valence-corrected chi connectivity index (χ0v) is 17.6. The highest BCUT2D eigenvalue weighted by Gasteiger charge is 2.26. The van der Waals surface area contributed by atoms with Crippen LogP contribution in [0.4, 0.5) is 0 Å². The first-order chi connectivity index (χ1) is 13.9. The second-order valence-corrected chi connectivity index (χ2v) is 8.19. The number of nitrogens with zero attached hydrogens (tertiary/aromatic N) is 4. The van der Waals surface area contributed by atoms with Crippen LogP contribution in [0.5, 0.6) is 0 Å². The second kappa shape index (κ2) is 7.95. The number of aryl methyl sites for hydroxylation is 2. The van der Waals surface area contributed by atoms with Crippen molar-refractivity contribution >= 4 is 17.0 Å². The molecule has 0 radical (unpaired) electrons. The van der Waals surface area contributed by atoms with E-state index in [4.69, 9.17) is 4.52 Å². The molecule has 3 aromatic rings. The Balaban J connectivity index is 1.51. The number of hydrogen-bond acceptors (Lipinski definition) is 5. The minimum absolute atomic E-state index is 0.0427. The molecule has 6 heteroatoms. The van der Waals surface area contributed by atoms with Crippen molar-refractivity contribution in [1.29, 1.82) is 0 Å². The van der Waals surface area contributed by atoms with Crippen LogP contribution in [0.25, 0.3) is 11.1 Å². The number of rotatable bonds is 4. The monoisotopic (exact) mass is 392 g/mol. The molecule has 0 bridgehead atoms. The van der Waals surface area contributed by atoms with Gasteiger partial charge in [-0.05, 0) is 37.0 Å². The summed E-state index contributed by atoms with van der Waals surface area (Å²) in [6.07, 6.45) is 0. The molecular formula is C23H28N4O2. The average Bonchev–Trinajstić information content (AvgIpc) is 3.10. The third kappa shape index (κ3) is 3.90. The van der Waals surface area contributed by atoms with Gasteiger partial charge >= 0.3 is 0 Å². The number of amides is 1. The molecule has 1 fully saturated rings. The van der Waals surface area contributed by atoms with E-state index in [1.54, 1.807) is 0 Å². The molecule has 4 rings (SSSR count). The summed E-state index contributed by atoms with van der Waals surface area (Å²) in [5.41, 5.74) is 5.35. The molecule has 1 amide bonds. The fourth-order valence-electron chi connectivity index (χ4n) is 3.89. The first-order valence-corrected chi connectivity index (χ1v) is 10.3. The van der Waals surface area contributed by atoms with Crippen molar-refractivity contribution in [3.8, 4) is 0 Å². The van der Waals surface area contributed by atoms with E-state index in [0.717, 1.165) is 43.8 Å². The van der Waals surface area contributed by atoms with Crippen LogP contribution in [-0.4, -0.2) is 52.0 Å². The Morgan fingerprint density at radius 1 is 1.14 bits per heavy atom. The number of pyridine rings is 1. The van der Waals surface area contributed by atoms with E-state index in [9.17, 15) is 4.79 Å². The molecule has 2 aromatic heterocycles. The Bertz CT molecular complexity index is 1030. The zero-order chi connectivity index (χ0) is 20.5. The topological polar surface area (TPSA) is 62.5 Å². The number of aromatic nitrogens is 2. The molecule has 3 heterocycles. The van der Waals surface area contributed by atoms with E-state index >= 15 is 0 Å². The Morgan fingerprint density at radius 2 is 1.86 bits per heavy atom. The van der Waals surface area contributed by atoms with Crippen LogP contribution in [0.1, 0.15) is 52.6 Å². The quantitative estimate of drug-likeness (QED) is 0.673. The normalized spacial score (nSPS) is 15.4. The van der Waals surface area contributed by atoms with Gasteiger partial charge in [0.2, 0.25) is 0 Å². The van der Waals surface area contributed by atoms with Crippen LogP contribution < -0.4 is 0 Å². The number of hydrogen-bond donors (Lipinski definition) is 0. The standard InChI is InChI=1S/C23H28N4O2/c1-15(2)20-13-19(21-17(4)25-29-22(21)24-20)23(28)27-11-9-26(10-12-27)14-18-8-6-5-7-16(18)3/h5-8,13,15H,9-12,14H2,1-4H3. The van der Waals surface area contributed by atoms with Crippen molar-refractivity contribution in [1.82, 2.24) is 19.9 Å². The fraction of sp³-hybridized carbons (Fsp3) is 0.435. The lowest BCUT2D eigenvalue weighted by Gasteiger charge is -2.35. The molecular weight excluding hydrogens is 364 g/mol. The molecule has 1 saturated heterocycles. The number of fused-ring (bicyclic) bond motifs is 1. The van der Waals surface area contributed by atoms with Crippen LogP contribution in [0.2, 0.25) is 0 Å². The summed E-state index contributed by atoms with van der Waals surface area (Å²) < 4.78 is 5.37. The molecule has 152 valence electrons. The van der Waals surface area contributed by atoms with Crippen LogP contribution >= 0.6 is 0 Å². The van der Waals surface area contributed by atoms with Crippen LogP contribution in [0.3, 0.4) is 0 Å². The molecule has 0 N–H and O–H groups in total. The summed E-state index contributed by atoms with van der Waals surface area (Å²) in [6.45, 7) is 12.2. The summed E-state index contributed by atoms with van der Waals surface area (Å²) in [5, 5.41) is 4.77. The predicted molar refractivity (Wildman–Crippen MR) is 113 cm³/mol. The van der Waals surface area contributed by atoms with Gasteiger partial charge in [0.1, 0.15) is 0 Å². The Morgan fingerprint density at radius 3 is 2.55 bits per heavy atom. The number of carbonyl (C=O) groups excluding carboxylic acids is 1. The third-order valence-corrected chi connectivity index (χ3v) is 5.77. The van der Waals surface area contributed by atoms with E-state index in [1.165, 1.54) is 11.1 Å². The van der Waals surface area contributed by atoms with Gasteiger partial charge in [-0.15, -0.1) is 0 Å². The molecule has 0 saturated carbocycles. The van der Waals surface area contributed by atoms with E-state index in [-0.39, 0.29) is 11.8 Å². The van der Waals surface area contributed by atoms with E-state index in [0.29, 0.717) is 17.0 Å². The number of carbonyl (C=O) groups is 1. The van der Waals surface area contributed by atoms with Crippen molar-refractivity contribution in [2.75, 3.05) is 26.2 Å². The second-order valence-electron chi connectivity index (χ2n) is 8.19. The molecule has 0 aliphatic carbocycles. The zero-order valence-electron chi connectivity index (χ0n) is 17.6. The third-order valence-electron chi connectivity index (χ3n) is 5.77. The highest BCUT2D eigenvalue weighted by Crippen LogP contribution is 2.26. The van der Waals surface area contributed by atoms with Gasteiger partial charge in [0, 0.05) is 38.4 Å². The van der Waals surface area contributed by atoms with Gasteiger partial charge in [-0.25, -0.2) is 4.98 Å². The van der Waals surface area contributed by atoms with Crippen molar-refractivity contribution < 1.29 is 9.32 Å². The van der Waals surface area contributed by atoms with E-state index in [2.05, 4.69) is 60.1 Å². The molecule has 0 spiro atoms. The average molecular weight is 393 g/mol. The number of piperazine rings is 1. The molecule has 6 nitrogen and oxygen atoms in total. The fourth-order valence-corrected chi connectivity index (χ4v) is 3.89. The van der Waals surface area contributed by atoms with E-state index in [1.807, 2.05) is 17.9 Å². The maximum absolute atomic E-state index is 13.4. The number of benzene rings is 1. The highest BCUT2D eigenvalue weighted by atomic mass is 16.5. The first kappa shape index (κ1) is 19.6. The lowest BCUT2D eigenvalue weighted by atomic mass is 10.0. The minimum atomic E-state index is 0.0427. The molecule has 0 atom stereocenters. The van der Waals surface area contributed by atoms with Gasteiger partial charge in [-0.3, -0.25) is 9.69 Å². The van der Waals surface area contributed by atoms with Crippen molar-refractivity contribution in [3.63, 3.8) is 0 Å². The van der Waals surface area contributed by atoms with Gasteiger partial charge in [-0.2, -0.15) is 0 Å². The van der Waals surface area contributed by atoms with Gasteiger partial charge in [0.25, 0.3) is 11.6 Å². The smallest absolute Gasteiger partial charge is 0.259 e. The SMILES string of the molecule is Cc1ccccc1CN1CCN(C(=O)c2cc(C(C)C)nc3onc(C)c23)CC1. The summed E-state index contributed by atoms with van der Waals surface area (Å²) >= 11 is 0. The molecule has 29 heavy (non-hydrogen) atoms. The molecule has 1 aliphatic rings. The first-order valence-electron chi connectivity index (χ1n) is 10.3. The van der Waals surface area contributed by atoms with Gasteiger partial charge < -0.3 is 9.42 Å². The molecule has 0 unspecified atom stereocenters. The Labute approximate surface area is 171 Å². The largest absolute Gasteiger partial charge is 0.336 e. The maximum atomic E-state index is 13.4. The van der Waals surface area contributed by atoms with Gasteiger partial charge in [0.15, 0.2) is 0 Å². The summed E-state index contributed by atoms with van der Waals surface area (Å²) in [6, 6.07) is 10.4. The van der Waals surface area contributed by atoms with Crippen molar-refractivity contribution in [2.45, 2.75) is 40.2 Å². The van der Waals surface area contributed by atoms with Crippen LogP contribution in [0.15, 0.2) is 34.9 Å². The van der Waals surface area contributed by atoms with Crippen molar-refractivity contribution in [3.05, 3.63) is 58.4 Å². The van der Waals surface area contributed by atoms with Crippen molar-refractivity contribution in [2.24, 2.45) is 0 Å². The maximum Gasteiger partial charge on any atom is 0.259 e. The Hall–Kier alpha value is -2.73. The van der Waals surface area contributed by atoms with Crippen LogP contribution in [-0.2, 0) is 6.54 Å². The predicted octanol–water partition coefficient (Wildman–Crippen LogP) is 3.92. The molecule has 1 aliphatic heterocycles. The molecule has 1 aromatic carbocycles. The summed E-state index contributed by atoms with van der Waals surface area (Å²) in [5.74, 6) is 0.253.